The van der Waals surface area contributed by atoms with Gasteiger partial charge in [-0.1, -0.05) is 52.8 Å². The van der Waals surface area contributed by atoms with Crippen LogP contribution in [0.15, 0.2) is 23.9 Å². The molecule has 0 unspecified atom stereocenters. The van der Waals surface area contributed by atoms with Gasteiger partial charge in [0, 0.05) is 12.3 Å². The van der Waals surface area contributed by atoms with E-state index in [1.54, 1.807) is 53.3 Å². The van der Waals surface area contributed by atoms with Crippen LogP contribution in [-0.4, -0.2) is 66.3 Å². The third-order valence-corrected chi connectivity index (χ3v) is 6.73. The Kier molecular flexibility index (Phi) is 14.8. The molecule has 0 bridgehead atoms. The number of esters is 1. The molecular weight excluding hydrogens is 508 g/mol. The molecule has 10 nitrogen and oxygen atoms in total. The van der Waals surface area contributed by atoms with Crippen molar-refractivity contribution in [1.29, 1.82) is 0 Å². The molecule has 4 N–H and O–H groups in total. The first kappa shape index (κ1) is 33.2. The lowest BCUT2D eigenvalue weighted by Crippen LogP contribution is -2.55. The Balaban J connectivity index is 3.38. The normalized spacial score (nSPS) is 26.1. The standard InChI is InChI=1S/C27H44N4O6S/c1-8-19-24(33)28-20(9-2)25(34)31-23(17(5)6)27(36)37-15-18(12-10-11-13-38-7)14-21(32)30-22(16(3)4)26(35)29-19/h9-10,12,16-19,22-23H,8,11,13-15H2,1-7H3,(H,28,33)(H,29,35)(H,30,32)(H,31,34)/t18-,19-,22-,23+/m1/s1. The maximum atomic E-state index is 13.1. The molecule has 4 atom stereocenters. The van der Waals surface area contributed by atoms with Crippen LogP contribution < -0.4 is 21.3 Å². The average Bonchev–Trinajstić information content (AvgIpc) is 2.86. The molecule has 1 aliphatic heterocycles. The summed E-state index contributed by atoms with van der Waals surface area (Å²) in [5, 5.41) is 10.7. The van der Waals surface area contributed by atoms with E-state index in [0.29, 0.717) is 0 Å². The number of hydrogen-bond acceptors (Lipinski definition) is 7. The fraction of sp³-hybridized carbons (Fsp3) is 0.667. The Hall–Kier alpha value is -2.82. The molecule has 11 heteroatoms. The van der Waals surface area contributed by atoms with E-state index in [9.17, 15) is 24.0 Å². The van der Waals surface area contributed by atoms with Crippen molar-refractivity contribution in [2.45, 2.75) is 78.9 Å². The van der Waals surface area contributed by atoms with Gasteiger partial charge in [-0.2, -0.15) is 11.8 Å². The highest BCUT2D eigenvalue weighted by Crippen LogP contribution is 2.13. The predicted molar refractivity (Wildman–Crippen MR) is 149 cm³/mol. The Labute approximate surface area is 230 Å². The number of hydrogen-bond donors (Lipinski definition) is 4. The maximum absolute atomic E-state index is 13.1. The SMILES string of the molecule is CC=C1NC(=O)[C@@H](CC)NC(=O)[C@@H](C(C)C)NC(=O)C[C@@H](C=CCCSC)COC(=O)[C@H](C(C)C)NC1=O. The molecule has 0 aromatic carbocycles. The molecule has 0 aromatic heterocycles. The van der Waals surface area contributed by atoms with E-state index in [1.807, 2.05) is 18.4 Å². The molecule has 0 radical (unpaired) electrons. The maximum Gasteiger partial charge on any atom is 0.328 e. The van der Waals surface area contributed by atoms with Crippen molar-refractivity contribution in [1.82, 2.24) is 21.3 Å². The van der Waals surface area contributed by atoms with Gasteiger partial charge in [0.1, 0.15) is 23.8 Å². The fourth-order valence-electron chi connectivity index (χ4n) is 3.75. The van der Waals surface area contributed by atoms with Crippen LogP contribution in [0.2, 0.25) is 0 Å². The minimum atomic E-state index is -0.966. The Morgan fingerprint density at radius 2 is 1.63 bits per heavy atom. The van der Waals surface area contributed by atoms with Crippen molar-refractivity contribution in [3.8, 4) is 0 Å². The minimum absolute atomic E-state index is 0.00132. The summed E-state index contributed by atoms with van der Waals surface area (Å²) in [5.74, 6) is -2.79. The molecule has 214 valence electrons. The second-order valence-electron chi connectivity index (χ2n) is 9.95. The summed E-state index contributed by atoms with van der Waals surface area (Å²) in [6.07, 6.45) is 8.27. The van der Waals surface area contributed by atoms with Gasteiger partial charge in [-0.05, 0) is 43.6 Å². The van der Waals surface area contributed by atoms with Gasteiger partial charge in [0.05, 0.1) is 6.61 Å². The second-order valence-corrected chi connectivity index (χ2v) is 10.9. The van der Waals surface area contributed by atoms with Gasteiger partial charge in [-0.3, -0.25) is 19.2 Å². The van der Waals surface area contributed by atoms with E-state index in [-0.39, 0.29) is 42.9 Å². The number of carbonyl (C=O) groups is 5. The minimum Gasteiger partial charge on any atom is -0.464 e. The van der Waals surface area contributed by atoms with Crippen LogP contribution in [0.1, 0.15) is 60.8 Å². The van der Waals surface area contributed by atoms with Gasteiger partial charge >= 0.3 is 5.97 Å². The first-order chi connectivity index (χ1) is 17.9. The van der Waals surface area contributed by atoms with Crippen LogP contribution in [0.3, 0.4) is 0 Å². The van der Waals surface area contributed by atoms with Crippen LogP contribution in [0, 0.1) is 17.8 Å². The van der Waals surface area contributed by atoms with Crippen LogP contribution in [0.5, 0.6) is 0 Å². The molecule has 1 aliphatic rings. The number of cyclic esters (lactones) is 1. The largest absolute Gasteiger partial charge is 0.464 e. The van der Waals surface area contributed by atoms with E-state index < -0.39 is 47.7 Å². The molecule has 0 saturated carbocycles. The summed E-state index contributed by atoms with van der Waals surface area (Å²) in [4.78, 5) is 64.9. The van der Waals surface area contributed by atoms with Crippen molar-refractivity contribution >= 4 is 41.4 Å². The van der Waals surface area contributed by atoms with Gasteiger partial charge in [0.25, 0.3) is 5.91 Å². The molecule has 1 fully saturated rings. The molecular formula is C27H44N4O6S. The van der Waals surface area contributed by atoms with Gasteiger partial charge in [0.15, 0.2) is 0 Å². The molecule has 38 heavy (non-hydrogen) atoms. The Morgan fingerprint density at radius 3 is 2.18 bits per heavy atom. The first-order valence-electron chi connectivity index (χ1n) is 13.1. The molecule has 1 rings (SSSR count). The van der Waals surface area contributed by atoms with Gasteiger partial charge < -0.3 is 26.0 Å². The zero-order valence-electron chi connectivity index (χ0n) is 23.6. The van der Waals surface area contributed by atoms with Crippen LogP contribution in [-0.2, 0) is 28.7 Å². The topological polar surface area (TPSA) is 143 Å². The number of nitrogens with one attached hydrogen (secondary N) is 4. The zero-order chi connectivity index (χ0) is 28.8. The van der Waals surface area contributed by atoms with Crippen molar-refractivity contribution in [3.63, 3.8) is 0 Å². The van der Waals surface area contributed by atoms with Crippen molar-refractivity contribution in [2.24, 2.45) is 17.8 Å². The van der Waals surface area contributed by atoms with Crippen molar-refractivity contribution < 1.29 is 28.7 Å². The second kappa shape index (κ2) is 16.9. The third-order valence-electron chi connectivity index (χ3n) is 6.09. The molecule has 0 spiro atoms. The summed E-state index contributed by atoms with van der Waals surface area (Å²) in [6, 6.07) is -2.78. The molecule has 1 heterocycles. The number of allylic oxidation sites excluding steroid dienone is 2. The highest BCUT2D eigenvalue weighted by atomic mass is 32.2. The number of carbonyl (C=O) groups excluding carboxylic acids is 5. The zero-order valence-corrected chi connectivity index (χ0v) is 24.4. The summed E-state index contributed by atoms with van der Waals surface area (Å²) in [6.45, 7) is 10.4. The quantitative estimate of drug-likeness (QED) is 0.164. The highest BCUT2D eigenvalue weighted by Gasteiger charge is 2.32. The van der Waals surface area contributed by atoms with E-state index in [2.05, 4.69) is 21.3 Å². The van der Waals surface area contributed by atoms with Crippen molar-refractivity contribution in [2.75, 3.05) is 18.6 Å². The number of thioether (sulfide) groups is 1. The number of amides is 4. The van der Waals surface area contributed by atoms with E-state index >= 15 is 0 Å². The fourth-order valence-corrected chi connectivity index (χ4v) is 4.12. The third kappa shape index (κ3) is 10.9. The monoisotopic (exact) mass is 552 g/mol. The van der Waals surface area contributed by atoms with Gasteiger partial charge in [-0.15, -0.1) is 0 Å². The smallest absolute Gasteiger partial charge is 0.328 e. The Morgan fingerprint density at radius 1 is 0.974 bits per heavy atom. The summed E-state index contributed by atoms with van der Waals surface area (Å²) in [5.41, 5.74) is -0.0474. The van der Waals surface area contributed by atoms with Gasteiger partial charge in [-0.25, -0.2) is 4.79 Å². The van der Waals surface area contributed by atoms with Crippen LogP contribution in [0.25, 0.3) is 0 Å². The molecule has 0 aromatic rings. The average molecular weight is 553 g/mol. The Bertz CT molecular complexity index is 902. The summed E-state index contributed by atoms with van der Waals surface area (Å²) >= 11 is 1.69. The van der Waals surface area contributed by atoms with Crippen molar-refractivity contribution in [3.05, 3.63) is 23.9 Å². The van der Waals surface area contributed by atoms with Crippen LogP contribution in [0.4, 0.5) is 0 Å². The van der Waals surface area contributed by atoms with E-state index in [1.165, 1.54) is 6.08 Å². The first-order valence-corrected chi connectivity index (χ1v) is 14.5. The predicted octanol–water partition coefficient (Wildman–Crippen LogP) is 2.06. The molecule has 0 aliphatic carbocycles. The lowest BCUT2D eigenvalue weighted by atomic mass is 10.0. The molecule has 1 saturated heterocycles. The van der Waals surface area contributed by atoms with Gasteiger partial charge in [0.2, 0.25) is 17.7 Å². The van der Waals surface area contributed by atoms with Crippen LogP contribution >= 0.6 is 11.8 Å². The lowest BCUT2D eigenvalue weighted by Gasteiger charge is -2.25. The summed E-state index contributed by atoms with van der Waals surface area (Å²) in [7, 11) is 0. The number of rotatable bonds is 7. The van der Waals surface area contributed by atoms with E-state index in [4.69, 9.17) is 4.74 Å². The van der Waals surface area contributed by atoms with E-state index in [0.717, 1.165) is 12.2 Å². The summed E-state index contributed by atoms with van der Waals surface area (Å²) < 4.78 is 5.55. The number of ether oxygens (including phenoxy) is 1. The molecule has 4 amide bonds. The highest BCUT2D eigenvalue weighted by molar-refractivity contribution is 7.98. The lowest BCUT2D eigenvalue weighted by molar-refractivity contribution is -0.150.